The first-order valence-corrected chi connectivity index (χ1v) is 5.69. The minimum Gasteiger partial charge on any atom is -0.397 e. The Kier molecular flexibility index (Phi) is 2.23. The lowest BCUT2D eigenvalue weighted by molar-refractivity contribution is 0.869. The lowest BCUT2D eigenvalue weighted by atomic mass is 10.0. The highest BCUT2D eigenvalue weighted by molar-refractivity contribution is 7.19. The first-order valence-electron chi connectivity index (χ1n) is 4.88. The van der Waals surface area contributed by atoms with Crippen LogP contribution in [0, 0.1) is 6.92 Å². The maximum absolute atomic E-state index is 6.02. The fourth-order valence-corrected chi connectivity index (χ4v) is 2.58. The van der Waals surface area contributed by atoms with Gasteiger partial charge in [0.2, 0.25) is 0 Å². The summed E-state index contributed by atoms with van der Waals surface area (Å²) in [6, 6.07) is 6.60. The van der Waals surface area contributed by atoms with Gasteiger partial charge in [0.1, 0.15) is 0 Å². The van der Waals surface area contributed by atoms with Crippen LogP contribution in [-0.4, -0.2) is 0 Å². The van der Waals surface area contributed by atoms with Gasteiger partial charge in [-0.15, -0.1) is 11.3 Å². The summed E-state index contributed by atoms with van der Waals surface area (Å²) in [6.07, 6.45) is 0. The molecule has 1 aromatic carbocycles. The Morgan fingerprint density at radius 2 is 2.00 bits per heavy atom. The van der Waals surface area contributed by atoms with Crippen LogP contribution in [0.3, 0.4) is 0 Å². The van der Waals surface area contributed by atoms with E-state index in [4.69, 9.17) is 5.73 Å². The van der Waals surface area contributed by atoms with Crippen LogP contribution in [0.1, 0.15) is 30.2 Å². The van der Waals surface area contributed by atoms with Crippen molar-refractivity contribution >= 4 is 27.1 Å². The minimum absolute atomic E-state index is 0.569. The maximum Gasteiger partial charge on any atom is 0.0532 e. The second-order valence-corrected chi connectivity index (χ2v) is 5.24. The van der Waals surface area contributed by atoms with Crippen molar-refractivity contribution in [3.63, 3.8) is 0 Å². The zero-order valence-electron chi connectivity index (χ0n) is 8.79. The quantitative estimate of drug-likeness (QED) is 0.750. The third-order valence-electron chi connectivity index (χ3n) is 2.60. The molecule has 0 radical (unpaired) electrons. The molecule has 0 aliphatic carbocycles. The number of benzene rings is 1. The van der Waals surface area contributed by atoms with Gasteiger partial charge in [-0.05, 0) is 30.5 Å². The third kappa shape index (κ3) is 1.40. The highest BCUT2D eigenvalue weighted by Gasteiger charge is 2.07. The van der Waals surface area contributed by atoms with Gasteiger partial charge in [-0.1, -0.05) is 19.9 Å². The van der Waals surface area contributed by atoms with E-state index >= 15 is 0 Å². The summed E-state index contributed by atoms with van der Waals surface area (Å²) in [5.41, 5.74) is 8.33. The summed E-state index contributed by atoms with van der Waals surface area (Å²) in [5.74, 6) is 0.569. The average molecular weight is 205 g/mol. The summed E-state index contributed by atoms with van der Waals surface area (Å²) in [7, 11) is 0. The molecule has 0 fully saturated rings. The Balaban J connectivity index is 2.69. The van der Waals surface area contributed by atoms with E-state index < -0.39 is 0 Å². The van der Waals surface area contributed by atoms with E-state index in [9.17, 15) is 0 Å². The first kappa shape index (κ1) is 9.53. The molecule has 1 nitrogen and oxygen atoms in total. The van der Waals surface area contributed by atoms with Crippen molar-refractivity contribution in [1.29, 1.82) is 0 Å². The Morgan fingerprint density at radius 1 is 1.29 bits per heavy atom. The molecule has 0 unspecified atom stereocenters. The van der Waals surface area contributed by atoms with E-state index in [1.54, 1.807) is 11.3 Å². The van der Waals surface area contributed by atoms with Crippen LogP contribution in [0.15, 0.2) is 18.2 Å². The van der Waals surface area contributed by atoms with Gasteiger partial charge < -0.3 is 5.73 Å². The monoisotopic (exact) mass is 205 g/mol. The molecule has 1 aromatic heterocycles. The third-order valence-corrected chi connectivity index (χ3v) is 3.70. The number of thiophene rings is 1. The van der Waals surface area contributed by atoms with Gasteiger partial charge in [0.15, 0.2) is 0 Å². The fraction of sp³-hybridized carbons (Fsp3) is 0.333. The molecule has 2 heteroatoms. The van der Waals surface area contributed by atoms with Gasteiger partial charge in [0, 0.05) is 15.0 Å². The Morgan fingerprint density at radius 3 is 2.64 bits per heavy atom. The topological polar surface area (TPSA) is 26.0 Å². The zero-order valence-corrected chi connectivity index (χ0v) is 9.61. The predicted molar refractivity (Wildman–Crippen MR) is 65.1 cm³/mol. The molecule has 0 amide bonds. The van der Waals surface area contributed by atoms with E-state index in [-0.39, 0.29) is 0 Å². The van der Waals surface area contributed by atoms with E-state index in [0.717, 1.165) is 5.69 Å². The number of hydrogen-bond donors (Lipinski definition) is 1. The van der Waals surface area contributed by atoms with Gasteiger partial charge in [0.05, 0.1) is 5.69 Å². The van der Waals surface area contributed by atoms with Crippen molar-refractivity contribution in [2.45, 2.75) is 26.7 Å². The van der Waals surface area contributed by atoms with Crippen LogP contribution < -0.4 is 5.73 Å². The van der Waals surface area contributed by atoms with Crippen LogP contribution in [-0.2, 0) is 0 Å². The van der Waals surface area contributed by atoms with Gasteiger partial charge in [-0.2, -0.15) is 0 Å². The van der Waals surface area contributed by atoms with Crippen LogP contribution in [0.2, 0.25) is 0 Å². The van der Waals surface area contributed by atoms with Crippen molar-refractivity contribution < 1.29 is 0 Å². The predicted octanol–water partition coefficient (Wildman–Crippen LogP) is 3.92. The molecule has 2 aromatic rings. The fourth-order valence-electron chi connectivity index (χ4n) is 1.62. The molecule has 0 spiro atoms. The van der Waals surface area contributed by atoms with Crippen molar-refractivity contribution in [3.05, 3.63) is 28.6 Å². The minimum atomic E-state index is 0.569. The molecule has 0 bridgehead atoms. The van der Waals surface area contributed by atoms with Gasteiger partial charge in [-0.3, -0.25) is 0 Å². The highest BCUT2D eigenvalue weighted by Crippen LogP contribution is 2.34. The summed E-state index contributed by atoms with van der Waals surface area (Å²) in [6.45, 7) is 6.49. The number of anilines is 1. The average Bonchev–Trinajstić information content (AvgIpc) is 2.43. The second-order valence-electron chi connectivity index (χ2n) is 3.98. The van der Waals surface area contributed by atoms with Gasteiger partial charge >= 0.3 is 0 Å². The molecular formula is C12H15NS. The number of fused-ring (bicyclic) bond motifs is 1. The number of hydrogen-bond acceptors (Lipinski definition) is 2. The molecule has 2 N–H and O–H groups in total. The summed E-state index contributed by atoms with van der Waals surface area (Å²) in [4.78, 5) is 1.22. The molecule has 0 saturated carbocycles. The van der Waals surface area contributed by atoms with Crippen LogP contribution >= 0.6 is 11.3 Å². The maximum atomic E-state index is 6.02. The lowest BCUT2D eigenvalue weighted by Gasteiger charge is -2.04. The largest absolute Gasteiger partial charge is 0.397 e. The summed E-state index contributed by atoms with van der Waals surface area (Å²) >= 11 is 1.77. The van der Waals surface area contributed by atoms with E-state index in [2.05, 4.69) is 39.0 Å². The highest BCUT2D eigenvalue weighted by atomic mass is 32.1. The Labute approximate surface area is 88.6 Å². The first-order chi connectivity index (χ1) is 6.59. The number of rotatable bonds is 1. The molecule has 0 aliphatic rings. The number of nitrogen functional groups attached to an aromatic ring is 1. The van der Waals surface area contributed by atoms with Gasteiger partial charge in [-0.25, -0.2) is 0 Å². The second kappa shape index (κ2) is 3.28. The number of aryl methyl sites for hydroxylation is 1. The smallest absolute Gasteiger partial charge is 0.0532 e. The zero-order chi connectivity index (χ0) is 10.3. The van der Waals surface area contributed by atoms with Crippen molar-refractivity contribution in [1.82, 2.24) is 0 Å². The molecule has 0 saturated heterocycles. The molecule has 74 valence electrons. The standard InChI is InChI=1S/C12H15NS/c1-7(2)9-4-5-11-10(6-9)12(13)8(3)14-11/h4-7H,13H2,1-3H3. The van der Waals surface area contributed by atoms with Gasteiger partial charge in [0.25, 0.3) is 0 Å². The molecule has 14 heavy (non-hydrogen) atoms. The van der Waals surface area contributed by atoms with Crippen molar-refractivity contribution in [2.75, 3.05) is 5.73 Å². The Bertz CT molecular complexity index is 468. The molecule has 0 aliphatic heterocycles. The number of nitrogens with two attached hydrogens (primary N) is 1. The molecule has 1 heterocycles. The van der Waals surface area contributed by atoms with Crippen LogP contribution in [0.25, 0.3) is 10.1 Å². The summed E-state index contributed by atoms with van der Waals surface area (Å²) < 4.78 is 1.30. The molecule has 0 atom stereocenters. The normalized spacial score (nSPS) is 11.4. The van der Waals surface area contributed by atoms with Crippen molar-refractivity contribution in [2.24, 2.45) is 0 Å². The SMILES string of the molecule is Cc1sc2ccc(C(C)C)cc2c1N. The van der Waals surface area contributed by atoms with Crippen LogP contribution in [0.4, 0.5) is 5.69 Å². The molecular weight excluding hydrogens is 190 g/mol. The lowest BCUT2D eigenvalue weighted by Crippen LogP contribution is -1.88. The van der Waals surface area contributed by atoms with E-state index in [1.165, 1.54) is 20.5 Å². The summed E-state index contributed by atoms with van der Waals surface area (Å²) in [5, 5.41) is 1.22. The Hall–Kier alpha value is -1.02. The van der Waals surface area contributed by atoms with E-state index in [0.29, 0.717) is 5.92 Å². The van der Waals surface area contributed by atoms with Crippen LogP contribution in [0.5, 0.6) is 0 Å². The molecule has 2 rings (SSSR count). The van der Waals surface area contributed by atoms with E-state index in [1.807, 2.05) is 0 Å². The van der Waals surface area contributed by atoms with Crippen molar-refractivity contribution in [3.8, 4) is 0 Å².